The summed E-state index contributed by atoms with van der Waals surface area (Å²) >= 11 is 0. The van der Waals surface area contributed by atoms with Gasteiger partial charge in [0.25, 0.3) is 0 Å². The predicted octanol–water partition coefficient (Wildman–Crippen LogP) is 4.89. The van der Waals surface area contributed by atoms with E-state index < -0.39 is 0 Å². The zero-order valence-corrected chi connectivity index (χ0v) is 18.0. The lowest BCUT2D eigenvalue weighted by atomic mass is 9.93. The van der Waals surface area contributed by atoms with E-state index >= 15 is 0 Å². The van der Waals surface area contributed by atoms with Crippen molar-refractivity contribution < 1.29 is 14.3 Å². The van der Waals surface area contributed by atoms with Gasteiger partial charge in [-0.15, -0.1) is 0 Å². The number of aryl methyl sites for hydroxylation is 2. The van der Waals surface area contributed by atoms with Crippen molar-refractivity contribution in [1.82, 2.24) is 5.01 Å². The molecule has 0 radical (unpaired) electrons. The molecule has 1 heterocycles. The molecular weight excluding hydrogens is 364 g/mol. The third kappa shape index (κ3) is 5.17. The third-order valence-corrected chi connectivity index (χ3v) is 5.05. The second-order valence-corrected chi connectivity index (χ2v) is 8.25. The number of nitrogens with zero attached hydrogens (tertiary/aromatic N) is 2. The molecule has 0 saturated carbocycles. The Hall–Kier alpha value is -2.82. The van der Waals surface area contributed by atoms with E-state index in [0.29, 0.717) is 19.4 Å². The molecule has 0 aliphatic carbocycles. The standard InChI is InChI=1S/C24H30N2O3/c1-17-13-18(2)15-19(14-17)22-16-24(3,4)26(25-22)23(27)7-6-12-29-21-10-8-20(28-5)9-11-21/h8-11,13-15H,6-7,12,16H2,1-5H3. The van der Waals surface area contributed by atoms with E-state index in [2.05, 4.69) is 45.9 Å². The molecule has 5 nitrogen and oxygen atoms in total. The summed E-state index contributed by atoms with van der Waals surface area (Å²) in [6, 6.07) is 13.9. The maximum absolute atomic E-state index is 12.8. The molecule has 0 bridgehead atoms. The molecule has 0 atom stereocenters. The van der Waals surface area contributed by atoms with Gasteiger partial charge >= 0.3 is 0 Å². The van der Waals surface area contributed by atoms with Crippen molar-refractivity contribution in [1.29, 1.82) is 0 Å². The number of rotatable bonds is 7. The molecule has 1 amide bonds. The molecule has 0 unspecified atom stereocenters. The molecule has 154 valence electrons. The third-order valence-electron chi connectivity index (χ3n) is 5.05. The molecule has 3 rings (SSSR count). The lowest BCUT2D eigenvalue weighted by Crippen LogP contribution is -2.40. The fourth-order valence-corrected chi connectivity index (χ4v) is 3.66. The molecule has 0 N–H and O–H groups in total. The van der Waals surface area contributed by atoms with E-state index in [4.69, 9.17) is 14.6 Å². The minimum atomic E-state index is -0.319. The van der Waals surface area contributed by atoms with Crippen molar-refractivity contribution >= 4 is 11.6 Å². The van der Waals surface area contributed by atoms with E-state index in [1.807, 2.05) is 24.3 Å². The van der Waals surface area contributed by atoms with Crippen LogP contribution in [0, 0.1) is 13.8 Å². The van der Waals surface area contributed by atoms with Crippen LogP contribution in [0.5, 0.6) is 11.5 Å². The summed E-state index contributed by atoms with van der Waals surface area (Å²) < 4.78 is 10.9. The average Bonchev–Trinajstić information content (AvgIpc) is 3.00. The highest BCUT2D eigenvalue weighted by Gasteiger charge is 2.38. The van der Waals surface area contributed by atoms with Gasteiger partial charge in [-0.25, -0.2) is 5.01 Å². The molecule has 0 spiro atoms. The number of methoxy groups -OCH3 is 1. The highest BCUT2D eigenvalue weighted by molar-refractivity contribution is 6.03. The van der Waals surface area contributed by atoms with Gasteiger partial charge in [0.15, 0.2) is 0 Å². The predicted molar refractivity (Wildman–Crippen MR) is 116 cm³/mol. The fourth-order valence-electron chi connectivity index (χ4n) is 3.66. The van der Waals surface area contributed by atoms with E-state index in [1.54, 1.807) is 12.1 Å². The Morgan fingerprint density at radius 2 is 1.69 bits per heavy atom. The summed E-state index contributed by atoms with van der Waals surface area (Å²) in [5.41, 5.74) is 4.18. The first-order valence-electron chi connectivity index (χ1n) is 10.0. The first-order chi connectivity index (χ1) is 13.8. The maximum Gasteiger partial charge on any atom is 0.243 e. The van der Waals surface area contributed by atoms with Gasteiger partial charge in [0, 0.05) is 12.8 Å². The number of carbonyl (C=O) groups excluding carboxylic acids is 1. The minimum absolute atomic E-state index is 0.0349. The second kappa shape index (κ2) is 8.68. The molecule has 1 aliphatic heterocycles. The van der Waals surface area contributed by atoms with Crippen LogP contribution in [0.3, 0.4) is 0 Å². The molecule has 5 heteroatoms. The smallest absolute Gasteiger partial charge is 0.243 e. The summed E-state index contributed by atoms with van der Waals surface area (Å²) in [6.07, 6.45) is 1.80. The summed E-state index contributed by atoms with van der Waals surface area (Å²) in [7, 11) is 1.63. The van der Waals surface area contributed by atoms with Gasteiger partial charge in [0.05, 0.1) is 25.0 Å². The number of benzene rings is 2. The average molecular weight is 395 g/mol. The fraction of sp³-hybridized carbons (Fsp3) is 0.417. The Bertz CT molecular complexity index is 881. The monoisotopic (exact) mass is 394 g/mol. The second-order valence-electron chi connectivity index (χ2n) is 8.25. The van der Waals surface area contributed by atoms with E-state index in [9.17, 15) is 4.79 Å². The number of ether oxygens (including phenoxy) is 2. The Labute approximate surface area is 173 Å². The van der Waals surface area contributed by atoms with Gasteiger partial charge in [0.2, 0.25) is 5.91 Å². The normalized spacial score (nSPS) is 15.2. The van der Waals surface area contributed by atoms with Crippen LogP contribution >= 0.6 is 0 Å². The number of hydrazone groups is 1. The Morgan fingerprint density at radius 1 is 1.07 bits per heavy atom. The summed E-state index contributed by atoms with van der Waals surface area (Å²) in [4.78, 5) is 12.8. The summed E-state index contributed by atoms with van der Waals surface area (Å²) in [5.74, 6) is 1.60. The van der Waals surface area contributed by atoms with Crippen LogP contribution in [-0.4, -0.2) is 35.9 Å². The largest absolute Gasteiger partial charge is 0.497 e. The van der Waals surface area contributed by atoms with Crippen molar-refractivity contribution in [2.45, 2.75) is 52.5 Å². The molecule has 1 aliphatic rings. The zero-order chi connectivity index (χ0) is 21.0. The van der Waals surface area contributed by atoms with Crippen molar-refractivity contribution in [3.63, 3.8) is 0 Å². The van der Waals surface area contributed by atoms with E-state index in [0.717, 1.165) is 29.2 Å². The van der Waals surface area contributed by atoms with E-state index in [1.165, 1.54) is 11.1 Å². The summed E-state index contributed by atoms with van der Waals surface area (Å²) in [6.45, 7) is 8.79. The van der Waals surface area contributed by atoms with Crippen molar-refractivity contribution in [2.24, 2.45) is 5.10 Å². The van der Waals surface area contributed by atoms with Crippen LogP contribution < -0.4 is 9.47 Å². The number of hydrogen-bond donors (Lipinski definition) is 0. The SMILES string of the molecule is COc1ccc(OCCCC(=O)N2N=C(c3cc(C)cc(C)c3)CC2(C)C)cc1. The molecule has 0 aromatic heterocycles. The van der Waals surface area contributed by atoms with Crippen molar-refractivity contribution in [3.05, 3.63) is 59.2 Å². The number of carbonyl (C=O) groups is 1. The molecule has 2 aromatic rings. The van der Waals surface area contributed by atoms with Crippen LogP contribution in [0.4, 0.5) is 0 Å². The number of hydrogen-bond acceptors (Lipinski definition) is 4. The first kappa shape index (κ1) is 20.9. The quantitative estimate of drug-likeness (QED) is 0.629. The Balaban J connectivity index is 1.58. The van der Waals surface area contributed by atoms with Crippen LogP contribution in [0.25, 0.3) is 0 Å². The van der Waals surface area contributed by atoms with Crippen LogP contribution in [0.15, 0.2) is 47.6 Å². The maximum atomic E-state index is 12.8. The zero-order valence-electron chi connectivity index (χ0n) is 18.0. The van der Waals surface area contributed by atoms with Gasteiger partial charge < -0.3 is 9.47 Å². The van der Waals surface area contributed by atoms with Gasteiger partial charge in [-0.3, -0.25) is 4.79 Å². The highest BCUT2D eigenvalue weighted by Crippen LogP contribution is 2.31. The Morgan fingerprint density at radius 3 is 2.31 bits per heavy atom. The molecule has 0 saturated heterocycles. The van der Waals surface area contributed by atoms with Crippen LogP contribution in [-0.2, 0) is 4.79 Å². The van der Waals surface area contributed by atoms with Crippen molar-refractivity contribution in [2.75, 3.05) is 13.7 Å². The molecule has 29 heavy (non-hydrogen) atoms. The van der Waals surface area contributed by atoms with Crippen LogP contribution in [0.2, 0.25) is 0 Å². The molecular formula is C24H30N2O3. The molecule has 2 aromatic carbocycles. The van der Waals surface area contributed by atoms with Gasteiger partial charge in [0.1, 0.15) is 11.5 Å². The van der Waals surface area contributed by atoms with E-state index in [-0.39, 0.29) is 11.4 Å². The van der Waals surface area contributed by atoms with Gasteiger partial charge in [-0.1, -0.05) is 29.3 Å². The van der Waals surface area contributed by atoms with Crippen molar-refractivity contribution in [3.8, 4) is 11.5 Å². The minimum Gasteiger partial charge on any atom is -0.497 e. The topological polar surface area (TPSA) is 51.1 Å². The first-order valence-corrected chi connectivity index (χ1v) is 10.0. The highest BCUT2D eigenvalue weighted by atomic mass is 16.5. The lowest BCUT2D eigenvalue weighted by Gasteiger charge is -2.28. The molecule has 0 fully saturated rings. The van der Waals surface area contributed by atoms with Crippen LogP contribution in [0.1, 0.15) is 49.8 Å². The van der Waals surface area contributed by atoms with Gasteiger partial charge in [-0.05, 0) is 63.9 Å². The number of amides is 1. The van der Waals surface area contributed by atoms with Gasteiger partial charge in [-0.2, -0.15) is 5.10 Å². The lowest BCUT2D eigenvalue weighted by molar-refractivity contribution is -0.135. The summed E-state index contributed by atoms with van der Waals surface area (Å²) in [5, 5.41) is 6.36. The Kier molecular flexibility index (Phi) is 6.26.